The van der Waals surface area contributed by atoms with Crippen LogP contribution in [0.3, 0.4) is 0 Å². The first-order valence-electron chi connectivity index (χ1n) is 12.0. The van der Waals surface area contributed by atoms with E-state index in [-0.39, 0.29) is 21.9 Å². The third-order valence-electron chi connectivity index (χ3n) is 5.90. The molecule has 0 saturated heterocycles. The van der Waals surface area contributed by atoms with E-state index in [1.165, 1.54) is 17.6 Å². The third-order valence-corrected chi connectivity index (χ3v) is 8.49. The number of carbonyl (C=O) groups excluding carboxylic acids is 1. The quantitative estimate of drug-likeness (QED) is 0.281. The maximum Gasteiger partial charge on any atom is 0.271 e. The lowest BCUT2D eigenvalue weighted by Crippen LogP contribution is -2.40. The standard InChI is InChI=1S/C28H31ClN4O3S2/c1-28(2,18-32(3)4)17-30-27(34)22-16-24(33(31-22)23-12-7-6-11-21(23)29)26-14-13-25(37-26)19-9-8-10-20(15-19)38(5,35)36/h6-16H,17-18H2,1-5H3,(H,30,34). The Morgan fingerprint density at radius 3 is 2.45 bits per heavy atom. The van der Waals surface area contributed by atoms with E-state index in [4.69, 9.17) is 11.6 Å². The number of aromatic nitrogens is 2. The smallest absolute Gasteiger partial charge is 0.271 e. The van der Waals surface area contributed by atoms with Crippen molar-refractivity contribution in [3.8, 4) is 26.7 Å². The summed E-state index contributed by atoms with van der Waals surface area (Å²) >= 11 is 8.00. The molecule has 0 fully saturated rings. The van der Waals surface area contributed by atoms with Gasteiger partial charge in [-0.3, -0.25) is 4.79 Å². The largest absolute Gasteiger partial charge is 0.350 e. The highest BCUT2D eigenvalue weighted by atomic mass is 35.5. The van der Waals surface area contributed by atoms with Crippen LogP contribution in [0.15, 0.2) is 71.6 Å². The maximum absolute atomic E-state index is 13.2. The summed E-state index contributed by atoms with van der Waals surface area (Å²) in [5.74, 6) is -0.262. The van der Waals surface area contributed by atoms with Gasteiger partial charge in [0.2, 0.25) is 0 Å². The molecule has 0 aliphatic rings. The lowest BCUT2D eigenvalue weighted by molar-refractivity contribution is 0.0923. The second kappa shape index (κ2) is 11.0. The van der Waals surface area contributed by atoms with Gasteiger partial charge in [-0.15, -0.1) is 11.3 Å². The molecule has 4 rings (SSSR count). The molecule has 1 amide bonds. The molecule has 38 heavy (non-hydrogen) atoms. The summed E-state index contributed by atoms with van der Waals surface area (Å²) in [6, 6.07) is 19.9. The summed E-state index contributed by atoms with van der Waals surface area (Å²) in [6.07, 6.45) is 1.20. The number of carbonyl (C=O) groups is 1. The molecule has 7 nitrogen and oxygen atoms in total. The van der Waals surface area contributed by atoms with Crippen molar-refractivity contribution in [3.63, 3.8) is 0 Å². The molecule has 0 saturated carbocycles. The number of halogens is 1. The summed E-state index contributed by atoms with van der Waals surface area (Å²) in [5, 5.41) is 8.18. The average Bonchev–Trinajstić information content (AvgIpc) is 3.49. The molecular formula is C28H31ClN4O3S2. The van der Waals surface area contributed by atoms with Crippen LogP contribution >= 0.6 is 22.9 Å². The van der Waals surface area contributed by atoms with E-state index in [1.807, 2.05) is 50.5 Å². The highest BCUT2D eigenvalue weighted by Crippen LogP contribution is 2.37. The van der Waals surface area contributed by atoms with E-state index in [2.05, 4.69) is 29.2 Å². The fourth-order valence-electron chi connectivity index (χ4n) is 4.31. The average molecular weight is 571 g/mol. The monoisotopic (exact) mass is 570 g/mol. The van der Waals surface area contributed by atoms with E-state index in [9.17, 15) is 13.2 Å². The van der Waals surface area contributed by atoms with Crippen LogP contribution in [0.2, 0.25) is 5.02 Å². The van der Waals surface area contributed by atoms with Crippen LogP contribution in [0.5, 0.6) is 0 Å². The van der Waals surface area contributed by atoms with Gasteiger partial charge in [0.15, 0.2) is 15.5 Å². The predicted octanol–water partition coefficient (Wildman–Crippen LogP) is 5.64. The minimum Gasteiger partial charge on any atom is -0.350 e. The Bertz CT molecular complexity index is 1570. The highest BCUT2D eigenvalue weighted by Gasteiger charge is 2.23. The van der Waals surface area contributed by atoms with Gasteiger partial charge in [0, 0.05) is 24.2 Å². The molecule has 2 aromatic carbocycles. The summed E-state index contributed by atoms with van der Waals surface area (Å²) in [4.78, 5) is 17.3. The highest BCUT2D eigenvalue weighted by molar-refractivity contribution is 7.90. The maximum atomic E-state index is 13.2. The van der Waals surface area contributed by atoms with Crippen molar-refractivity contribution in [2.75, 3.05) is 33.4 Å². The van der Waals surface area contributed by atoms with Crippen molar-refractivity contribution < 1.29 is 13.2 Å². The Morgan fingerprint density at radius 1 is 1.05 bits per heavy atom. The fraction of sp³-hybridized carbons (Fsp3) is 0.286. The summed E-state index contributed by atoms with van der Waals surface area (Å²) < 4.78 is 25.8. The van der Waals surface area contributed by atoms with Crippen molar-refractivity contribution in [1.82, 2.24) is 20.0 Å². The Hall–Kier alpha value is -2.98. The van der Waals surface area contributed by atoms with Crippen LogP contribution in [-0.4, -0.2) is 62.4 Å². The van der Waals surface area contributed by atoms with E-state index < -0.39 is 9.84 Å². The third kappa shape index (κ3) is 6.53. The Morgan fingerprint density at radius 2 is 1.76 bits per heavy atom. The number of rotatable bonds is 9. The van der Waals surface area contributed by atoms with E-state index in [0.717, 1.165) is 21.9 Å². The van der Waals surface area contributed by atoms with Crippen molar-refractivity contribution >= 4 is 38.7 Å². The van der Waals surface area contributed by atoms with Gasteiger partial charge in [0.05, 0.1) is 26.2 Å². The first-order valence-corrected chi connectivity index (χ1v) is 15.1. The minimum absolute atomic E-state index is 0.115. The van der Waals surface area contributed by atoms with Crippen LogP contribution < -0.4 is 5.32 Å². The van der Waals surface area contributed by atoms with Gasteiger partial charge >= 0.3 is 0 Å². The first kappa shape index (κ1) is 28.0. The Kier molecular flexibility index (Phi) is 8.13. The molecule has 0 spiro atoms. The van der Waals surface area contributed by atoms with Crippen LogP contribution in [-0.2, 0) is 9.84 Å². The molecule has 200 valence electrons. The molecule has 2 heterocycles. The Balaban J connectivity index is 1.71. The second-order valence-corrected chi connectivity index (χ2v) is 13.8. The van der Waals surface area contributed by atoms with Gasteiger partial charge in [0.25, 0.3) is 5.91 Å². The zero-order valence-electron chi connectivity index (χ0n) is 22.0. The number of hydrogen-bond acceptors (Lipinski definition) is 6. The normalized spacial score (nSPS) is 12.2. The minimum atomic E-state index is -3.33. The molecule has 10 heteroatoms. The zero-order chi connectivity index (χ0) is 27.7. The fourth-order valence-corrected chi connectivity index (χ4v) is 6.19. The van der Waals surface area contributed by atoms with Crippen LogP contribution in [0.25, 0.3) is 26.7 Å². The summed E-state index contributed by atoms with van der Waals surface area (Å²) in [5.41, 5.74) is 2.34. The van der Waals surface area contributed by atoms with E-state index in [1.54, 1.807) is 35.0 Å². The molecule has 0 bridgehead atoms. The van der Waals surface area contributed by atoms with Gasteiger partial charge in [0.1, 0.15) is 0 Å². The lowest BCUT2D eigenvalue weighted by Gasteiger charge is -2.28. The van der Waals surface area contributed by atoms with Gasteiger partial charge in [-0.05, 0) is 67.5 Å². The van der Waals surface area contributed by atoms with Gasteiger partial charge < -0.3 is 10.2 Å². The molecule has 0 radical (unpaired) electrons. The van der Waals surface area contributed by atoms with Crippen LogP contribution in [0.4, 0.5) is 0 Å². The summed E-state index contributed by atoms with van der Waals surface area (Å²) in [6.45, 7) is 5.53. The molecule has 0 aliphatic heterocycles. The number of para-hydroxylation sites is 1. The van der Waals surface area contributed by atoms with Gasteiger partial charge in [-0.1, -0.05) is 49.7 Å². The molecule has 1 N–H and O–H groups in total. The number of hydrogen-bond donors (Lipinski definition) is 1. The zero-order valence-corrected chi connectivity index (χ0v) is 24.4. The van der Waals surface area contributed by atoms with E-state index >= 15 is 0 Å². The number of nitrogens with one attached hydrogen (secondary N) is 1. The number of amides is 1. The number of benzene rings is 2. The summed E-state index contributed by atoms with van der Waals surface area (Å²) in [7, 11) is 0.689. The molecule has 0 aliphatic carbocycles. The molecule has 0 unspecified atom stereocenters. The van der Waals surface area contributed by atoms with Crippen LogP contribution in [0, 0.1) is 5.41 Å². The SMILES string of the molecule is CN(C)CC(C)(C)CNC(=O)c1cc(-c2ccc(-c3cccc(S(C)(=O)=O)c3)s2)n(-c2ccccc2Cl)n1. The topological polar surface area (TPSA) is 84.3 Å². The van der Waals surface area contributed by atoms with Gasteiger partial charge in [-0.2, -0.15) is 5.10 Å². The number of nitrogens with zero attached hydrogens (tertiary/aromatic N) is 3. The second-order valence-electron chi connectivity index (χ2n) is 10.3. The molecule has 4 aromatic rings. The first-order chi connectivity index (χ1) is 17.8. The van der Waals surface area contributed by atoms with Gasteiger partial charge in [-0.25, -0.2) is 13.1 Å². The van der Waals surface area contributed by atoms with Crippen molar-refractivity contribution in [1.29, 1.82) is 0 Å². The van der Waals surface area contributed by atoms with Crippen molar-refractivity contribution in [2.45, 2.75) is 18.7 Å². The number of thiophene rings is 1. The van der Waals surface area contributed by atoms with Crippen LogP contribution in [0.1, 0.15) is 24.3 Å². The number of sulfone groups is 1. The molecule has 2 aromatic heterocycles. The van der Waals surface area contributed by atoms with Crippen molar-refractivity contribution in [2.24, 2.45) is 5.41 Å². The predicted molar refractivity (Wildman–Crippen MR) is 155 cm³/mol. The lowest BCUT2D eigenvalue weighted by atomic mass is 9.93. The van der Waals surface area contributed by atoms with E-state index in [0.29, 0.717) is 22.9 Å². The Labute approximate surface area is 233 Å². The molecule has 0 atom stereocenters. The molecular weight excluding hydrogens is 540 g/mol. The van der Waals surface area contributed by atoms with Crippen molar-refractivity contribution in [3.05, 3.63) is 77.4 Å².